The van der Waals surface area contributed by atoms with E-state index in [1.54, 1.807) is 0 Å². The number of rotatable bonds is 18. The lowest BCUT2D eigenvalue weighted by Crippen LogP contribution is -2.13. The summed E-state index contributed by atoms with van der Waals surface area (Å²) < 4.78 is 0. The topological polar surface area (TPSA) is 29.0 Å². The van der Waals surface area contributed by atoms with Gasteiger partial charge in [0.2, 0.25) is 0 Å². The lowest BCUT2D eigenvalue weighted by atomic mass is 10.0. The molecule has 1 aliphatic rings. The first-order valence-electron chi connectivity index (χ1n) is 10.8. The molecule has 1 rings (SSSR count). The van der Waals surface area contributed by atoms with Crippen LogP contribution in [0.25, 0.3) is 0 Å². The fourth-order valence-electron chi connectivity index (χ4n) is 3.58. The maximum atomic E-state index is 5.64. The maximum Gasteiger partial charge on any atom is 0.0346 e. The summed E-state index contributed by atoms with van der Waals surface area (Å²) in [5.41, 5.74) is 5.64. The third kappa shape index (κ3) is 12.9. The summed E-state index contributed by atoms with van der Waals surface area (Å²) in [7, 11) is 0. The molecule has 2 nitrogen and oxygen atoms in total. The van der Waals surface area contributed by atoms with Crippen LogP contribution in [0, 0.1) is 0 Å². The molecule has 2 unspecified atom stereocenters. The Morgan fingerprint density at radius 2 is 1.04 bits per heavy atom. The standard InChI is InChI=1S/C21H44N2/c1-2-3-4-5-6-7-8-9-10-11-12-13-14-15-16-17-18-23-20-21(23)19-22/h21H,2-20,22H2,1H3. The van der Waals surface area contributed by atoms with Gasteiger partial charge >= 0.3 is 0 Å². The fourth-order valence-corrected chi connectivity index (χ4v) is 3.58. The van der Waals surface area contributed by atoms with Crippen LogP contribution >= 0.6 is 0 Å². The molecule has 0 aromatic heterocycles. The third-order valence-electron chi connectivity index (χ3n) is 5.40. The van der Waals surface area contributed by atoms with Gasteiger partial charge in [0.25, 0.3) is 0 Å². The summed E-state index contributed by atoms with van der Waals surface area (Å²) in [6, 6.07) is 0.728. The molecule has 0 saturated carbocycles. The van der Waals surface area contributed by atoms with Crippen molar-refractivity contribution in [2.75, 3.05) is 19.6 Å². The molecular weight excluding hydrogens is 280 g/mol. The number of nitrogens with two attached hydrogens (primary N) is 1. The minimum atomic E-state index is 0.728. The van der Waals surface area contributed by atoms with Gasteiger partial charge in [0.1, 0.15) is 0 Å². The number of hydrogen-bond acceptors (Lipinski definition) is 2. The first kappa shape index (κ1) is 21.0. The predicted octanol–water partition coefficient (Wildman–Crippen LogP) is 5.89. The van der Waals surface area contributed by atoms with Crippen molar-refractivity contribution < 1.29 is 0 Å². The van der Waals surface area contributed by atoms with Gasteiger partial charge in [-0.25, -0.2) is 0 Å². The average molecular weight is 325 g/mol. The summed E-state index contributed by atoms with van der Waals surface area (Å²) in [4.78, 5) is 2.52. The fraction of sp³-hybridized carbons (Fsp3) is 1.00. The molecule has 0 spiro atoms. The van der Waals surface area contributed by atoms with Crippen molar-refractivity contribution >= 4 is 0 Å². The van der Waals surface area contributed by atoms with Crippen molar-refractivity contribution in [3.63, 3.8) is 0 Å². The van der Waals surface area contributed by atoms with Gasteiger partial charge in [-0.05, 0) is 13.0 Å². The van der Waals surface area contributed by atoms with Crippen molar-refractivity contribution in [3.8, 4) is 0 Å². The van der Waals surface area contributed by atoms with E-state index < -0.39 is 0 Å². The van der Waals surface area contributed by atoms with E-state index in [4.69, 9.17) is 5.73 Å². The Morgan fingerprint density at radius 3 is 1.39 bits per heavy atom. The first-order chi connectivity index (χ1) is 11.4. The molecule has 23 heavy (non-hydrogen) atoms. The maximum absolute atomic E-state index is 5.64. The van der Waals surface area contributed by atoms with Crippen LogP contribution in [0.2, 0.25) is 0 Å². The van der Waals surface area contributed by atoms with Gasteiger partial charge in [0.05, 0.1) is 0 Å². The summed E-state index contributed by atoms with van der Waals surface area (Å²) in [6.07, 6.45) is 23.2. The van der Waals surface area contributed by atoms with Crippen LogP contribution < -0.4 is 5.73 Å². The Kier molecular flexibility index (Phi) is 14.1. The summed E-state index contributed by atoms with van der Waals surface area (Å²) in [6.45, 7) is 5.71. The third-order valence-corrected chi connectivity index (χ3v) is 5.40. The van der Waals surface area contributed by atoms with Crippen molar-refractivity contribution in [1.29, 1.82) is 0 Å². The van der Waals surface area contributed by atoms with Gasteiger partial charge in [-0.3, -0.25) is 4.90 Å². The molecule has 2 heteroatoms. The molecule has 0 bridgehead atoms. The summed E-state index contributed by atoms with van der Waals surface area (Å²) >= 11 is 0. The Balaban J connectivity index is 1.63. The van der Waals surface area contributed by atoms with E-state index in [2.05, 4.69) is 11.8 Å². The normalized spacial score (nSPS) is 20.1. The zero-order chi connectivity index (χ0) is 16.6. The molecule has 1 saturated heterocycles. The van der Waals surface area contributed by atoms with Crippen LogP contribution in [0.3, 0.4) is 0 Å². The molecule has 2 atom stereocenters. The number of unbranched alkanes of at least 4 members (excludes halogenated alkanes) is 15. The Hall–Kier alpha value is -0.0800. The van der Waals surface area contributed by atoms with Crippen molar-refractivity contribution in [2.24, 2.45) is 5.73 Å². The van der Waals surface area contributed by atoms with E-state index in [9.17, 15) is 0 Å². The van der Waals surface area contributed by atoms with Crippen LogP contribution in [0.4, 0.5) is 0 Å². The minimum Gasteiger partial charge on any atom is -0.329 e. The molecule has 0 amide bonds. The predicted molar refractivity (Wildman–Crippen MR) is 104 cm³/mol. The molecule has 0 aromatic rings. The van der Waals surface area contributed by atoms with Gasteiger partial charge in [-0.1, -0.05) is 103 Å². The van der Waals surface area contributed by atoms with E-state index in [0.717, 1.165) is 12.6 Å². The first-order valence-corrected chi connectivity index (χ1v) is 10.8. The van der Waals surface area contributed by atoms with E-state index in [-0.39, 0.29) is 0 Å². The second kappa shape index (κ2) is 15.4. The minimum absolute atomic E-state index is 0.728. The molecule has 0 aliphatic carbocycles. The molecule has 1 fully saturated rings. The van der Waals surface area contributed by atoms with Gasteiger partial charge in [0, 0.05) is 19.1 Å². The lowest BCUT2D eigenvalue weighted by Gasteiger charge is -2.04. The largest absolute Gasteiger partial charge is 0.329 e. The van der Waals surface area contributed by atoms with E-state index >= 15 is 0 Å². The van der Waals surface area contributed by atoms with E-state index in [0.29, 0.717) is 0 Å². The molecule has 0 radical (unpaired) electrons. The second-order valence-corrected chi connectivity index (χ2v) is 7.69. The Morgan fingerprint density at radius 1 is 0.652 bits per heavy atom. The van der Waals surface area contributed by atoms with Crippen molar-refractivity contribution in [3.05, 3.63) is 0 Å². The van der Waals surface area contributed by atoms with Crippen LogP contribution in [0.5, 0.6) is 0 Å². The second-order valence-electron chi connectivity index (χ2n) is 7.69. The molecule has 0 aromatic carbocycles. The quantitative estimate of drug-likeness (QED) is 0.251. The van der Waals surface area contributed by atoms with Gasteiger partial charge in [0.15, 0.2) is 0 Å². The smallest absolute Gasteiger partial charge is 0.0346 e. The highest BCUT2D eigenvalue weighted by molar-refractivity contribution is 4.89. The zero-order valence-electron chi connectivity index (χ0n) is 16.0. The van der Waals surface area contributed by atoms with E-state index in [1.807, 2.05) is 0 Å². The molecule has 1 aliphatic heterocycles. The monoisotopic (exact) mass is 324 g/mol. The van der Waals surface area contributed by atoms with Gasteiger partial charge in [-0.2, -0.15) is 0 Å². The highest BCUT2D eigenvalue weighted by atomic mass is 15.3. The Labute approximate surface area is 146 Å². The zero-order valence-corrected chi connectivity index (χ0v) is 16.0. The van der Waals surface area contributed by atoms with Crippen LogP contribution in [-0.4, -0.2) is 30.6 Å². The highest BCUT2D eigenvalue weighted by Crippen LogP contribution is 2.17. The number of hydrogen-bond donors (Lipinski definition) is 1. The van der Waals surface area contributed by atoms with Crippen LogP contribution in [0.15, 0.2) is 0 Å². The molecule has 138 valence electrons. The van der Waals surface area contributed by atoms with Gasteiger partial charge < -0.3 is 5.73 Å². The SMILES string of the molecule is CCCCCCCCCCCCCCCCCCN1CC1CN. The van der Waals surface area contributed by atoms with Crippen molar-refractivity contribution in [1.82, 2.24) is 4.90 Å². The molecule has 1 heterocycles. The van der Waals surface area contributed by atoms with Crippen LogP contribution in [-0.2, 0) is 0 Å². The van der Waals surface area contributed by atoms with Gasteiger partial charge in [-0.15, -0.1) is 0 Å². The number of nitrogens with zero attached hydrogens (tertiary/aromatic N) is 1. The lowest BCUT2D eigenvalue weighted by molar-refractivity contribution is 0.466. The summed E-state index contributed by atoms with van der Waals surface area (Å²) in [5, 5.41) is 0. The van der Waals surface area contributed by atoms with Crippen molar-refractivity contribution in [2.45, 2.75) is 116 Å². The van der Waals surface area contributed by atoms with E-state index in [1.165, 1.54) is 116 Å². The van der Waals surface area contributed by atoms with Crippen LogP contribution in [0.1, 0.15) is 110 Å². The Bertz CT molecular complexity index is 242. The average Bonchev–Trinajstić information content (AvgIpc) is 3.33. The summed E-state index contributed by atoms with van der Waals surface area (Å²) in [5.74, 6) is 0. The molecule has 2 N–H and O–H groups in total. The molecular formula is C21H44N2. The highest BCUT2D eigenvalue weighted by Gasteiger charge is 2.30.